The lowest BCUT2D eigenvalue weighted by atomic mass is 9.95. The van der Waals surface area contributed by atoms with Crippen LogP contribution >= 0.6 is 0 Å². The van der Waals surface area contributed by atoms with Gasteiger partial charge in [0.15, 0.2) is 0 Å². The van der Waals surface area contributed by atoms with Crippen LogP contribution < -0.4 is 0 Å². The standard InChI is InChI=1S/C7H6O2.C6H12O2/c8-7(9)6-4-2-1-3-5-6;7-5-2-1-3-6(8)4-5/h1-5H,(H,8,9);5-8H,1-4H2. The molecule has 0 heterocycles. The topological polar surface area (TPSA) is 77.8 Å². The number of carboxylic acid groups (broad SMARTS) is 1. The first-order valence-corrected chi connectivity index (χ1v) is 5.74. The van der Waals surface area contributed by atoms with Gasteiger partial charge in [0.2, 0.25) is 0 Å². The molecule has 1 fully saturated rings. The van der Waals surface area contributed by atoms with E-state index in [1.165, 1.54) is 0 Å². The third-order valence-electron chi connectivity index (χ3n) is 2.64. The summed E-state index contributed by atoms with van der Waals surface area (Å²) in [4.78, 5) is 10.2. The van der Waals surface area contributed by atoms with Crippen molar-refractivity contribution < 1.29 is 20.1 Å². The van der Waals surface area contributed by atoms with E-state index in [0.717, 1.165) is 19.3 Å². The van der Waals surface area contributed by atoms with Crippen LogP contribution in [0.2, 0.25) is 0 Å². The number of aliphatic hydroxyl groups excluding tert-OH is 2. The second-order valence-corrected chi connectivity index (χ2v) is 4.15. The molecule has 0 amide bonds. The minimum absolute atomic E-state index is 0.237. The summed E-state index contributed by atoms with van der Waals surface area (Å²) in [5, 5.41) is 26.2. The van der Waals surface area contributed by atoms with Crippen molar-refractivity contribution in [2.24, 2.45) is 0 Å². The van der Waals surface area contributed by atoms with Crippen LogP contribution in [0.15, 0.2) is 30.3 Å². The van der Waals surface area contributed by atoms with Crippen LogP contribution in [0.25, 0.3) is 0 Å². The fraction of sp³-hybridized carbons (Fsp3) is 0.462. The fourth-order valence-electron chi connectivity index (χ4n) is 1.72. The molecule has 3 N–H and O–H groups in total. The van der Waals surface area contributed by atoms with Crippen LogP contribution in [0.4, 0.5) is 0 Å². The number of hydrogen-bond donors (Lipinski definition) is 3. The third-order valence-corrected chi connectivity index (χ3v) is 2.64. The molecule has 1 aliphatic rings. The molecule has 4 heteroatoms. The molecular weight excluding hydrogens is 220 g/mol. The van der Waals surface area contributed by atoms with Crippen molar-refractivity contribution in [3.63, 3.8) is 0 Å². The monoisotopic (exact) mass is 238 g/mol. The number of rotatable bonds is 1. The Bertz CT molecular complexity index is 329. The van der Waals surface area contributed by atoms with Crippen molar-refractivity contribution >= 4 is 5.97 Å². The van der Waals surface area contributed by atoms with Gasteiger partial charge in [-0.1, -0.05) is 18.2 Å². The average Bonchev–Trinajstić information content (AvgIpc) is 2.30. The molecule has 0 spiro atoms. The molecule has 2 rings (SSSR count). The van der Waals surface area contributed by atoms with Gasteiger partial charge in [0.1, 0.15) is 0 Å². The van der Waals surface area contributed by atoms with E-state index in [9.17, 15) is 4.79 Å². The van der Waals surface area contributed by atoms with Crippen LogP contribution in [0.3, 0.4) is 0 Å². The van der Waals surface area contributed by atoms with E-state index in [1.54, 1.807) is 30.3 Å². The Balaban J connectivity index is 0.000000171. The summed E-state index contributed by atoms with van der Waals surface area (Å²) in [6.07, 6.45) is 2.83. The van der Waals surface area contributed by atoms with Gasteiger partial charge in [0.05, 0.1) is 17.8 Å². The lowest BCUT2D eigenvalue weighted by Crippen LogP contribution is -2.22. The maximum absolute atomic E-state index is 10.2. The van der Waals surface area contributed by atoms with Gasteiger partial charge >= 0.3 is 5.97 Å². The highest BCUT2D eigenvalue weighted by Gasteiger charge is 2.16. The Labute approximate surface area is 101 Å². The molecule has 0 bridgehead atoms. The largest absolute Gasteiger partial charge is 0.478 e. The average molecular weight is 238 g/mol. The zero-order chi connectivity index (χ0) is 12.7. The van der Waals surface area contributed by atoms with Crippen LogP contribution in [0.5, 0.6) is 0 Å². The quantitative estimate of drug-likeness (QED) is 0.695. The van der Waals surface area contributed by atoms with Crippen molar-refractivity contribution in [2.45, 2.75) is 37.9 Å². The molecule has 17 heavy (non-hydrogen) atoms. The van der Waals surface area contributed by atoms with Gasteiger partial charge in [-0.2, -0.15) is 0 Å². The molecule has 0 radical (unpaired) electrons. The van der Waals surface area contributed by atoms with Crippen molar-refractivity contribution in [1.29, 1.82) is 0 Å². The fourth-order valence-corrected chi connectivity index (χ4v) is 1.72. The van der Waals surface area contributed by atoms with E-state index in [4.69, 9.17) is 15.3 Å². The number of aromatic carboxylic acids is 1. The summed E-state index contributed by atoms with van der Waals surface area (Å²) < 4.78 is 0. The van der Waals surface area contributed by atoms with Crippen LogP contribution in [0, 0.1) is 0 Å². The Hall–Kier alpha value is -1.39. The van der Waals surface area contributed by atoms with Gasteiger partial charge < -0.3 is 15.3 Å². The second kappa shape index (κ2) is 7.04. The zero-order valence-electron chi connectivity index (χ0n) is 9.62. The number of carbonyl (C=O) groups is 1. The van der Waals surface area contributed by atoms with Crippen molar-refractivity contribution in [3.8, 4) is 0 Å². The molecular formula is C13H18O4. The SMILES string of the molecule is O=C(O)c1ccccc1.OC1CCCC(O)C1. The van der Waals surface area contributed by atoms with Crippen molar-refractivity contribution in [2.75, 3.05) is 0 Å². The molecule has 2 unspecified atom stereocenters. The minimum atomic E-state index is -0.879. The van der Waals surface area contributed by atoms with Crippen LogP contribution in [0.1, 0.15) is 36.0 Å². The van der Waals surface area contributed by atoms with Crippen LogP contribution in [-0.4, -0.2) is 33.5 Å². The smallest absolute Gasteiger partial charge is 0.335 e. The van der Waals surface area contributed by atoms with E-state index >= 15 is 0 Å². The number of benzene rings is 1. The van der Waals surface area contributed by atoms with Gasteiger partial charge in [-0.3, -0.25) is 0 Å². The first-order valence-electron chi connectivity index (χ1n) is 5.74. The van der Waals surface area contributed by atoms with E-state index in [-0.39, 0.29) is 12.2 Å². The summed E-state index contributed by atoms with van der Waals surface area (Å²) in [5.74, 6) is -0.879. The van der Waals surface area contributed by atoms with E-state index in [1.807, 2.05) is 0 Å². The number of carboxylic acids is 1. The summed E-state index contributed by atoms with van der Waals surface area (Å²) in [7, 11) is 0. The lowest BCUT2D eigenvalue weighted by molar-refractivity contribution is 0.0406. The van der Waals surface area contributed by atoms with E-state index in [0.29, 0.717) is 12.0 Å². The Kier molecular flexibility index (Phi) is 5.66. The summed E-state index contributed by atoms with van der Waals surface area (Å²) in [6.45, 7) is 0. The Morgan fingerprint density at radius 1 is 1.06 bits per heavy atom. The molecule has 94 valence electrons. The number of aliphatic hydroxyl groups is 2. The van der Waals surface area contributed by atoms with Gasteiger partial charge in [-0.15, -0.1) is 0 Å². The molecule has 1 aromatic rings. The first-order chi connectivity index (χ1) is 8.09. The summed E-state index contributed by atoms with van der Waals surface area (Å²) >= 11 is 0. The molecule has 0 aromatic heterocycles. The molecule has 1 aromatic carbocycles. The normalized spacial score (nSPS) is 23.4. The molecule has 1 aliphatic carbocycles. The summed E-state index contributed by atoms with van der Waals surface area (Å²) in [5.41, 5.74) is 0.331. The summed E-state index contributed by atoms with van der Waals surface area (Å²) in [6, 6.07) is 8.30. The highest BCUT2D eigenvalue weighted by molar-refractivity contribution is 5.87. The minimum Gasteiger partial charge on any atom is -0.478 e. The number of hydrogen-bond acceptors (Lipinski definition) is 3. The molecule has 4 nitrogen and oxygen atoms in total. The molecule has 1 saturated carbocycles. The van der Waals surface area contributed by atoms with E-state index < -0.39 is 5.97 Å². The lowest BCUT2D eigenvalue weighted by Gasteiger charge is -2.20. The van der Waals surface area contributed by atoms with Gasteiger partial charge in [-0.05, 0) is 37.8 Å². The molecule has 0 saturated heterocycles. The second-order valence-electron chi connectivity index (χ2n) is 4.15. The Morgan fingerprint density at radius 3 is 1.88 bits per heavy atom. The highest BCUT2D eigenvalue weighted by Crippen LogP contribution is 2.17. The molecule has 2 atom stereocenters. The zero-order valence-corrected chi connectivity index (χ0v) is 9.62. The van der Waals surface area contributed by atoms with Crippen molar-refractivity contribution in [1.82, 2.24) is 0 Å². The maximum atomic E-state index is 10.2. The maximum Gasteiger partial charge on any atom is 0.335 e. The van der Waals surface area contributed by atoms with Gasteiger partial charge in [0.25, 0.3) is 0 Å². The predicted octanol–water partition coefficient (Wildman–Crippen LogP) is 1.67. The highest BCUT2D eigenvalue weighted by atomic mass is 16.4. The van der Waals surface area contributed by atoms with Crippen LogP contribution in [-0.2, 0) is 0 Å². The Morgan fingerprint density at radius 2 is 1.59 bits per heavy atom. The predicted molar refractivity (Wildman–Crippen MR) is 63.9 cm³/mol. The molecule has 0 aliphatic heterocycles. The third kappa shape index (κ3) is 5.47. The van der Waals surface area contributed by atoms with Gasteiger partial charge in [0, 0.05) is 0 Å². The first kappa shape index (κ1) is 13.7. The van der Waals surface area contributed by atoms with Gasteiger partial charge in [-0.25, -0.2) is 4.79 Å². The van der Waals surface area contributed by atoms with E-state index in [2.05, 4.69) is 0 Å². The van der Waals surface area contributed by atoms with Crippen molar-refractivity contribution in [3.05, 3.63) is 35.9 Å².